The lowest BCUT2D eigenvalue weighted by molar-refractivity contribution is 0.414. The summed E-state index contributed by atoms with van der Waals surface area (Å²) in [5, 5.41) is 35.4. The SMILES string of the molecule is N#[N+]c1ccc(Cl)cc1.N#[N+]c1ccc(Cl)cc1.N#[N+]c1ccc(Cl)cc1.N#[N+]c1ccc(Cl)cc1.O=S(=O)([O-])F.O=S(=O)([O-])F.O=S(=O)([O-])F.O=S(=O)([O-])F. The van der Waals surface area contributed by atoms with Crippen molar-refractivity contribution in [2.24, 2.45) is 0 Å². The van der Waals surface area contributed by atoms with Crippen LogP contribution in [0.1, 0.15) is 0 Å². The van der Waals surface area contributed by atoms with Gasteiger partial charge in [-0.05, 0) is 48.5 Å². The fourth-order valence-corrected chi connectivity index (χ4v) is 2.53. The van der Waals surface area contributed by atoms with Crippen molar-refractivity contribution < 1.29 is 67.4 Å². The summed E-state index contributed by atoms with van der Waals surface area (Å²) in [6.45, 7) is 0. The van der Waals surface area contributed by atoms with Gasteiger partial charge in [-0.1, -0.05) is 46.4 Å². The fourth-order valence-electron chi connectivity index (χ4n) is 2.03. The Hall–Kier alpha value is -4.92. The van der Waals surface area contributed by atoms with Crippen molar-refractivity contribution in [3.05, 3.63) is 137 Å². The van der Waals surface area contributed by atoms with Crippen LogP contribution in [-0.4, -0.2) is 51.9 Å². The van der Waals surface area contributed by atoms with Crippen LogP contribution in [0.2, 0.25) is 20.1 Å². The van der Waals surface area contributed by atoms with Crippen molar-refractivity contribution in [3.63, 3.8) is 0 Å². The average molecular weight is 955 g/mol. The molecule has 4 aromatic carbocycles. The van der Waals surface area contributed by atoms with Gasteiger partial charge in [-0.15, -0.1) is 15.5 Å². The third kappa shape index (κ3) is 61.1. The van der Waals surface area contributed by atoms with Crippen molar-refractivity contribution in [2.45, 2.75) is 0 Å². The van der Waals surface area contributed by atoms with E-state index in [2.05, 4.69) is 19.9 Å². The molecule has 0 saturated heterocycles. The zero-order valence-corrected chi connectivity index (χ0v) is 32.7. The van der Waals surface area contributed by atoms with Crippen molar-refractivity contribution in [1.82, 2.24) is 0 Å². The average Bonchev–Trinajstić information content (AvgIpc) is 3.04. The second-order valence-electron chi connectivity index (χ2n) is 7.88. The van der Waals surface area contributed by atoms with Gasteiger partial charge >= 0.3 is 22.7 Å². The maximum absolute atomic E-state index is 10.1. The summed E-state index contributed by atoms with van der Waals surface area (Å²) in [6, 6.07) is 26.3. The lowest BCUT2D eigenvalue weighted by Gasteiger charge is -1.84. The van der Waals surface area contributed by atoms with Crippen LogP contribution in [-0.2, 0) is 42.0 Å². The zero-order valence-electron chi connectivity index (χ0n) is 26.4. The molecule has 56 heavy (non-hydrogen) atoms. The molecule has 0 atom stereocenters. The maximum atomic E-state index is 10.1. The second kappa shape index (κ2) is 30.3. The van der Waals surface area contributed by atoms with Crippen molar-refractivity contribution in [3.8, 4) is 0 Å². The quantitative estimate of drug-likeness (QED) is 0.0686. The monoisotopic (exact) mass is 952 g/mol. The van der Waals surface area contributed by atoms with Crippen LogP contribution >= 0.6 is 46.4 Å². The fraction of sp³-hybridized carbons (Fsp3) is 0. The molecule has 0 saturated carbocycles. The van der Waals surface area contributed by atoms with E-state index in [1.807, 2.05) is 0 Å². The third-order valence-corrected chi connectivity index (χ3v) is 4.78. The Labute approximate surface area is 335 Å². The Morgan fingerprint density at radius 3 is 0.500 bits per heavy atom. The molecule has 0 aliphatic rings. The third-order valence-electron chi connectivity index (χ3n) is 3.77. The lowest BCUT2D eigenvalue weighted by atomic mass is 10.3. The minimum absolute atomic E-state index is 0.513. The molecule has 0 heterocycles. The Bertz CT molecular complexity index is 2010. The Kier molecular flexibility index (Phi) is 31.3. The van der Waals surface area contributed by atoms with Gasteiger partial charge in [-0.3, -0.25) is 0 Å². The number of rotatable bonds is 0. The normalized spacial score (nSPS) is 9.57. The molecule has 0 amide bonds. The largest absolute Gasteiger partial charge is 0.722 e. The van der Waals surface area contributed by atoms with Crippen LogP contribution in [0.4, 0.5) is 38.3 Å². The van der Waals surface area contributed by atoms with Crippen LogP contribution in [0.3, 0.4) is 0 Å². The van der Waals surface area contributed by atoms with E-state index in [0.717, 1.165) is 0 Å². The summed E-state index contributed by atoms with van der Waals surface area (Å²) in [5.74, 6) is 0. The lowest BCUT2D eigenvalue weighted by Crippen LogP contribution is -1.81. The Morgan fingerprint density at radius 1 is 0.339 bits per heavy atom. The van der Waals surface area contributed by atoms with Crippen molar-refractivity contribution in [2.75, 3.05) is 0 Å². The molecule has 0 radical (unpaired) electrons. The first kappa shape index (κ1) is 57.8. The number of hydrogen-bond donors (Lipinski definition) is 0. The van der Waals surface area contributed by atoms with Gasteiger partial charge in [-0.2, -0.15) is 0 Å². The molecule has 0 spiro atoms. The first-order valence-corrected chi connectivity index (χ1v) is 19.1. The van der Waals surface area contributed by atoms with Gasteiger partial charge in [0.05, 0.1) is 0 Å². The van der Waals surface area contributed by atoms with Gasteiger partial charge in [-0.25, -0.2) is 33.7 Å². The van der Waals surface area contributed by atoms with Gasteiger partial charge in [0.25, 0.3) is 42.0 Å². The molecular formula is C24H16Cl4F4N8O12S4. The zero-order chi connectivity index (χ0) is 44.8. The van der Waals surface area contributed by atoms with Gasteiger partial charge in [0.1, 0.15) is 0 Å². The predicted octanol–water partition coefficient (Wildman–Crippen LogP) is 8.96. The molecule has 0 aliphatic heterocycles. The van der Waals surface area contributed by atoms with Gasteiger partial charge in [0.15, 0.2) is 19.9 Å². The first-order chi connectivity index (χ1) is 25.3. The number of diazo groups is 4. The molecule has 0 bridgehead atoms. The highest BCUT2D eigenvalue weighted by molar-refractivity contribution is 7.81. The molecule has 20 nitrogen and oxygen atoms in total. The molecule has 0 unspecified atom stereocenters. The summed E-state index contributed by atoms with van der Waals surface area (Å²) in [7, 11) is -21.7. The molecule has 32 heteroatoms. The summed E-state index contributed by atoms with van der Waals surface area (Å²) in [4.78, 5) is 11.8. The standard InChI is InChI=1S/4C6H4ClN2.4FHO3S/c4*7-5-1-3-6(9-8)4-2-5;4*1-5(2,3)4/h4*1-4H;4*(H,2,3,4)/q4*+1;;;;/p-4. The smallest absolute Gasteiger partial charge is 0.385 e. The number of halogens is 8. The van der Waals surface area contributed by atoms with Crippen molar-refractivity contribution >= 4 is 111 Å². The highest BCUT2D eigenvalue weighted by atomic mass is 35.5. The van der Waals surface area contributed by atoms with E-state index in [1.165, 1.54) is 0 Å². The van der Waals surface area contributed by atoms with Gasteiger partial charge < -0.3 is 18.2 Å². The molecule has 4 rings (SSSR count). The minimum Gasteiger partial charge on any atom is -0.722 e. The van der Waals surface area contributed by atoms with Crippen LogP contribution in [0.5, 0.6) is 0 Å². The van der Waals surface area contributed by atoms with Gasteiger partial charge in [0, 0.05) is 68.6 Å². The molecule has 4 aromatic rings. The summed E-state index contributed by atoms with van der Waals surface area (Å²) < 4.78 is 141. The first-order valence-electron chi connectivity index (χ1n) is 12.4. The van der Waals surface area contributed by atoms with Gasteiger partial charge in [0.2, 0.25) is 21.6 Å². The van der Waals surface area contributed by atoms with E-state index in [0.29, 0.717) is 42.8 Å². The molecule has 0 aliphatic carbocycles. The van der Waals surface area contributed by atoms with E-state index in [9.17, 15) is 15.5 Å². The molecular weight excluding hydrogens is 938 g/mol. The highest BCUT2D eigenvalue weighted by Gasteiger charge is 2.02. The van der Waals surface area contributed by atoms with E-state index in [4.69, 9.17) is 120 Å². The summed E-state index contributed by atoms with van der Waals surface area (Å²) >= 11 is 22.2. The molecule has 0 N–H and O–H groups in total. The highest BCUT2D eigenvalue weighted by Crippen LogP contribution is 2.17. The Morgan fingerprint density at radius 2 is 0.429 bits per heavy atom. The minimum atomic E-state index is -5.42. The van der Waals surface area contributed by atoms with E-state index in [-0.39, 0.29) is 0 Å². The van der Waals surface area contributed by atoms with Crippen LogP contribution < -0.4 is 0 Å². The van der Waals surface area contributed by atoms with E-state index in [1.54, 1.807) is 97.1 Å². The molecule has 0 aromatic heterocycles. The number of hydrogen-bond acceptors (Lipinski definition) is 16. The number of nitrogens with zero attached hydrogens (tertiary/aromatic N) is 8. The summed E-state index contributed by atoms with van der Waals surface area (Å²) in [6.07, 6.45) is 0. The van der Waals surface area contributed by atoms with Crippen LogP contribution in [0.25, 0.3) is 19.9 Å². The maximum Gasteiger partial charge on any atom is 0.385 e. The predicted molar refractivity (Wildman–Crippen MR) is 188 cm³/mol. The molecule has 0 fully saturated rings. The van der Waals surface area contributed by atoms with E-state index < -0.39 is 42.0 Å². The molecule has 304 valence electrons. The second-order valence-corrected chi connectivity index (χ2v) is 12.8. The Balaban J connectivity index is -0.000000281. The number of benzene rings is 4. The van der Waals surface area contributed by atoms with E-state index >= 15 is 0 Å². The van der Waals surface area contributed by atoms with Crippen LogP contribution in [0, 0.1) is 21.6 Å². The van der Waals surface area contributed by atoms with Crippen LogP contribution in [0.15, 0.2) is 97.1 Å². The van der Waals surface area contributed by atoms with Crippen molar-refractivity contribution in [1.29, 1.82) is 21.6 Å². The summed E-state index contributed by atoms with van der Waals surface area (Å²) in [5.41, 5.74) is 2.05. The topological polar surface area (TPSA) is 341 Å².